The van der Waals surface area contributed by atoms with Crippen LogP contribution in [0.1, 0.15) is 54.2 Å². The normalized spacial score (nSPS) is 24.4. The molecule has 4 aromatic rings. The zero-order chi connectivity index (χ0) is 27.3. The lowest BCUT2D eigenvalue weighted by Crippen LogP contribution is -2.25. The van der Waals surface area contributed by atoms with E-state index in [2.05, 4.69) is 134 Å². The molecule has 0 saturated heterocycles. The molecule has 2 heterocycles. The van der Waals surface area contributed by atoms with Crippen LogP contribution in [-0.4, -0.2) is 0 Å². The van der Waals surface area contributed by atoms with Crippen molar-refractivity contribution in [3.63, 3.8) is 0 Å². The summed E-state index contributed by atoms with van der Waals surface area (Å²) in [6.07, 6.45) is 12.0. The minimum Gasteiger partial charge on any atom is -0.0939 e. The third-order valence-electron chi connectivity index (χ3n) is 9.11. The van der Waals surface area contributed by atoms with E-state index in [1.54, 1.807) is 10.5 Å². The van der Waals surface area contributed by atoms with E-state index in [4.69, 9.17) is 0 Å². The second kappa shape index (κ2) is 10.4. The minimum absolute atomic E-state index is 0.274. The first-order valence-corrected chi connectivity index (χ1v) is 16.4. The van der Waals surface area contributed by atoms with Crippen molar-refractivity contribution in [3.8, 4) is 11.1 Å². The first kappa shape index (κ1) is 25.3. The molecule has 0 amide bonds. The lowest BCUT2D eigenvalue weighted by molar-refractivity contribution is 0.580. The maximum Gasteiger partial charge on any atom is 0.0222 e. The van der Waals surface area contributed by atoms with Crippen LogP contribution in [0.15, 0.2) is 158 Å². The van der Waals surface area contributed by atoms with Crippen LogP contribution < -0.4 is 0 Å². The van der Waals surface area contributed by atoms with Crippen LogP contribution in [0.5, 0.6) is 0 Å². The molecule has 4 atom stereocenters. The topological polar surface area (TPSA) is 0 Å². The van der Waals surface area contributed by atoms with Crippen molar-refractivity contribution < 1.29 is 0 Å². The van der Waals surface area contributed by atoms with E-state index in [9.17, 15) is 0 Å². The third-order valence-corrected chi connectivity index (χ3v) is 11.5. The Kier molecular flexibility index (Phi) is 6.42. The molecule has 0 aromatic heterocycles. The Balaban J connectivity index is 1.36. The van der Waals surface area contributed by atoms with Crippen LogP contribution in [0.3, 0.4) is 0 Å². The van der Waals surface area contributed by atoms with Crippen LogP contribution in [-0.2, 0) is 0 Å². The molecule has 2 aliphatic carbocycles. The highest BCUT2D eigenvalue weighted by atomic mass is 32.2. The summed E-state index contributed by atoms with van der Waals surface area (Å²) in [4.78, 5) is 5.85. The summed E-state index contributed by atoms with van der Waals surface area (Å²) < 4.78 is 0. The van der Waals surface area contributed by atoms with Crippen molar-refractivity contribution in [2.45, 2.75) is 47.3 Å². The Morgan fingerprint density at radius 1 is 0.634 bits per heavy atom. The third kappa shape index (κ3) is 4.40. The van der Waals surface area contributed by atoms with E-state index in [-0.39, 0.29) is 5.92 Å². The van der Waals surface area contributed by atoms with Gasteiger partial charge in [0.2, 0.25) is 0 Å². The highest BCUT2D eigenvalue weighted by Crippen LogP contribution is 2.62. The number of allylic oxidation sites excluding steroid dienone is 7. The first-order chi connectivity index (χ1) is 20.2. The van der Waals surface area contributed by atoms with E-state index in [1.165, 1.54) is 48.1 Å². The Hall–Kier alpha value is -3.46. The highest BCUT2D eigenvalue weighted by molar-refractivity contribution is 8.03. The van der Waals surface area contributed by atoms with E-state index in [0.717, 1.165) is 12.8 Å². The number of benzene rings is 4. The predicted octanol–water partition coefficient (Wildman–Crippen LogP) is 11.3. The second-order valence-electron chi connectivity index (χ2n) is 11.7. The molecule has 200 valence electrons. The Morgan fingerprint density at radius 2 is 1.39 bits per heavy atom. The molecule has 2 heteroatoms. The molecule has 4 unspecified atom stereocenters. The molecule has 0 saturated carbocycles. The van der Waals surface area contributed by atoms with Crippen molar-refractivity contribution in [2.24, 2.45) is 5.92 Å². The average Bonchev–Trinajstić information content (AvgIpc) is 3.03. The Labute approximate surface area is 252 Å². The van der Waals surface area contributed by atoms with Gasteiger partial charge in [-0.15, -0.1) is 0 Å². The molecular weight excluding hydrogens is 533 g/mol. The fraction of sp³-hybridized carbons (Fsp3) is 0.179. The predicted molar refractivity (Wildman–Crippen MR) is 175 cm³/mol. The van der Waals surface area contributed by atoms with Gasteiger partial charge >= 0.3 is 0 Å². The summed E-state index contributed by atoms with van der Waals surface area (Å²) in [6, 6.07) is 38.3. The van der Waals surface area contributed by atoms with Crippen molar-refractivity contribution in [3.05, 3.63) is 165 Å². The number of hydrogen-bond acceptors (Lipinski definition) is 2. The van der Waals surface area contributed by atoms with Crippen LogP contribution >= 0.6 is 23.5 Å². The number of hydrogen-bond donors (Lipinski definition) is 0. The zero-order valence-electron chi connectivity index (χ0n) is 23.2. The van der Waals surface area contributed by atoms with E-state index in [0.29, 0.717) is 17.8 Å². The van der Waals surface area contributed by atoms with E-state index >= 15 is 0 Å². The standard InChI is InChI=1S/C39H32S2/c1-25-19-22-34-32(23-25)37(30-15-8-9-17-33(30)40-34)39-31-21-20-28(26-11-4-2-5-12-26)24-36(31)41-35-18-10-16-29(38(35)39)27-13-6-3-7-14-27/h2-22,25,28,37,39H,23-24H2,1H3. The van der Waals surface area contributed by atoms with Gasteiger partial charge in [0.05, 0.1) is 0 Å². The average molecular weight is 565 g/mol. The number of fused-ring (bicyclic) bond motifs is 2. The maximum absolute atomic E-state index is 2.51. The Bertz CT molecular complexity index is 1760. The van der Waals surface area contributed by atoms with Crippen molar-refractivity contribution in [2.75, 3.05) is 0 Å². The fourth-order valence-electron chi connectivity index (χ4n) is 7.23. The Morgan fingerprint density at radius 3 is 2.24 bits per heavy atom. The summed E-state index contributed by atoms with van der Waals surface area (Å²) >= 11 is 3.99. The maximum atomic E-state index is 2.51. The SMILES string of the molecule is CC1C=CC2=C(C1)C(C1C3=C(CC(c4ccccc4)C=C3)Sc3cccc(-c4ccccc4)c31)c1ccccc1S2. The van der Waals surface area contributed by atoms with Crippen molar-refractivity contribution >= 4 is 23.5 Å². The van der Waals surface area contributed by atoms with E-state index < -0.39 is 0 Å². The van der Waals surface area contributed by atoms with Crippen LogP contribution in [0.25, 0.3) is 11.1 Å². The molecule has 0 fully saturated rings. The van der Waals surface area contributed by atoms with Crippen molar-refractivity contribution in [1.82, 2.24) is 0 Å². The quantitative estimate of drug-likeness (QED) is 0.243. The molecule has 0 nitrogen and oxygen atoms in total. The lowest BCUT2D eigenvalue weighted by atomic mass is 9.67. The molecule has 2 aliphatic heterocycles. The molecule has 8 rings (SSSR count). The first-order valence-electron chi connectivity index (χ1n) is 14.7. The fourth-order valence-corrected chi connectivity index (χ4v) is 9.75. The molecule has 41 heavy (non-hydrogen) atoms. The van der Waals surface area contributed by atoms with Gasteiger partial charge in [-0.05, 0) is 74.8 Å². The largest absolute Gasteiger partial charge is 0.0939 e. The molecular formula is C39H32S2. The molecule has 0 bridgehead atoms. The summed E-state index contributed by atoms with van der Waals surface area (Å²) in [7, 11) is 0. The van der Waals surface area contributed by atoms with Crippen LogP contribution in [0.2, 0.25) is 0 Å². The van der Waals surface area contributed by atoms with Gasteiger partial charge in [-0.25, -0.2) is 0 Å². The summed E-state index contributed by atoms with van der Waals surface area (Å²) in [5.41, 5.74) is 10.3. The minimum atomic E-state index is 0.274. The molecule has 0 spiro atoms. The monoisotopic (exact) mass is 564 g/mol. The summed E-state index contributed by atoms with van der Waals surface area (Å²) in [5, 5.41) is 0. The summed E-state index contributed by atoms with van der Waals surface area (Å²) in [6.45, 7) is 2.37. The lowest BCUT2D eigenvalue weighted by Gasteiger charge is -2.43. The zero-order valence-corrected chi connectivity index (χ0v) is 24.8. The van der Waals surface area contributed by atoms with Crippen molar-refractivity contribution in [1.29, 1.82) is 0 Å². The number of rotatable bonds is 3. The van der Waals surface area contributed by atoms with Gasteiger partial charge in [-0.2, -0.15) is 0 Å². The van der Waals surface area contributed by atoms with Gasteiger partial charge in [0.25, 0.3) is 0 Å². The van der Waals surface area contributed by atoms with Gasteiger partial charge in [0.15, 0.2) is 0 Å². The van der Waals surface area contributed by atoms with E-state index in [1.807, 2.05) is 23.5 Å². The van der Waals surface area contributed by atoms with Gasteiger partial charge in [0, 0.05) is 32.4 Å². The van der Waals surface area contributed by atoms with Gasteiger partial charge in [-0.3, -0.25) is 0 Å². The molecule has 4 aliphatic rings. The molecule has 0 radical (unpaired) electrons. The molecule has 0 N–H and O–H groups in total. The summed E-state index contributed by atoms with van der Waals surface area (Å²) in [5.74, 6) is 1.57. The second-order valence-corrected chi connectivity index (χ2v) is 13.9. The van der Waals surface area contributed by atoms with Gasteiger partial charge in [-0.1, -0.05) is 146 Å². The number of thioether (sulfide) groups is 2. The van der Waals surface area contributed by atoms with Crippen LogP contribution in [0, 0.1) is 5.92 Å². The van der Waals surface area contributed by atoms with Gasteiger partial charge in [0.1, 0.15) is 0 Å². The molecule has 4 aromatic carbocycles. The highest BCUT2D eigenvalue weighted by Gasteiger charge is 2.42. The van der Waals surface area contributed by atoms with Gasteiger partial charge < -0.3 is 0 Å². The van der Waals surface area contributed by atoms with Crippen LogP contribution in [0.4, 0.5) is 0 Å². The smallest absolute Gasteiger partial charge is 0.0222 e.